The van der Waals surface area contributed by atoms with Gasteiger partial charge in [0.15, 0.2) is 12.4 Å². The van der Waals surface area contributed by atoms with Crippen LogP contribution in [0.4, 0.5) is 0 Å². The molecule has 0 saturated carbocycles. The predicted molar refractivity (Wildman–Crippen MR) is 242 cm³/mol. The molecule has 0 aliphatic carbocycles. The van der Waals surface area contributed by atoms with Gasteiger partial charge in [0.25, 0.3) is 10.1 Å². The van der Waals surface area contributed by atoms with Crippen molar-refractivity contribution >= 4 is 22.1 Å². The standard InChI is InChI=1S/C48H82O12S/c1-3-5-7-9-11-13-15-17-18-19-20-21-22-23-25-26-28-30-32-34-36-43(49)57-38-41(39-58-48-47(53)46(52)45(51)42(60-48)40-61(54,55)56)59-44(50)37-35-33-31-29-27-24-16-14-12-10-8-6-4-2/h5,7,11,13,17-18,24,27,31,33,41-42,45-48,51-53H,3-4,6,8-10,12,14-16,19-23,25-26,28-30,32,34-40H2,1-2H3,(H,54,55,56)/b7-5+,13-11+,18-17+,27-24+,33-31+/t41?,42-,45-,46?,47?,48+/m1/s1. The highest BCUT2D eigenvalue weighted by atomic mass is 32.2. The van der Waals surface area contributed by atoms with Crippen molar-refractivity contribution in [3.63, 3.8) is 0 Å². The minimum atomic E-state index is -4.61. The van der Waals surface area contributed by atoms with Crippen molar-refractivity contribution in [3.05, 3.63) is 60.8 Å². The van der Waals surface area contributed by atoms with Crippen molar-refractivity contribution in [1.29, 1.82) is 0 Å². The molecule has 61 heavy (non-hydrogen) atoms. The highest BCUT2D eigenvalue weighted by Gasteiger charge is 2.46. The summed E-state index contributed by atoms with van der Waals surface area (Å²) in [5, 5.41) is 30.9. The molecule has 1 saturated heterocycles. The third-order valence-corrected chi connectivity index (χ3v) is 11.1. The van der Waals surface area contributed by atoms with Crippen molar-refractivity contribution in [2.45, 2.75) is 211 Å². The van der Waals surface area contributed by atoms with Gasteiger partial charge < -0.3 is 34.3 Å². The topological polar surface area (TPSA) is 186 Å². The number of allylic oxidation sites excluding steroid dienone is 10. The minimum absolute atomic E-state index is 0.0556. The maximum Gasteiger partial charge on any atom is 0.306 e. The molecule has 4 N–H and O–H groups in total. The number of hydrogen-bond donors (Lipinski definition) is 4. The Labute approximate surface area is 368 Å². The van der Waals surface area contributed by atoms with Crippen LogP contribution in [0.2, 0.25) is 0 Å². The first kappa shape index (κ1) is 56.4. The zero-order valence-electron chi connectivity index (χ0n) is 37.5. The van der Waals surface area contributed by atoms with Crippen molar-refractivity contribution in [2.75, 3.05) is 19.0 Å². The summed E-state index contributed by atoms with van der Waals surface area (Å²) < 4.78 is 54.0. The zero-order chi connectivity index (χ0) is 44.8. The molecule has 1 fully saturated rings. The van der Waals surface area contributed by atoms with Crippen LogP contribution >= 0.6 is 0 Å². The molecule has 0 bridgehead atoms. The molecule has 1 aliphatic rings. The van der Waals surface area contributed by atoms with Crippen molar-refractivity contribution < 1.29 is 56.8 Å². The van der Waals surface area contributed by atoms with Crippen LogP contribution in [0.5, 0.6) is 0 Å². The van der Waals surface area contributed by atoms with E-state index in [2.05, 4.69) is 62.5 Å². The van der Waals surface area contributed by atoms with Gasteiger partial charge in [-0.2, -0.15) is 8.42 Å². The first-order chi connectivity index (χ1) is 29.5. The molecular formula is C48H82O12S. The lowest BCUT2D eigenvalue weighted by Crippen LogP contribution is -2.60. The van der Waals surface area contributed by atoms with Crippen LogP contribution in [-0.4, -0.2) is 96.0 Å². The van der Waals surface area contributed by atoms with Crippen molar-refractivity contribution in [1.82, 2.24) is 0 Å². The van der Waals surface area contributed by atoms with Gasteiger partial charge in [0.05, 0.1) is 6.61 Å². The van der Waals surface area contributed by atoms with Crippen LogP contribution in [0.15, 0.2) is 60.8 Å². The largest absolute Gasteiger partial charge is 0.462 e. The zero-order valence-corrected chi connectivity index (χ0v) is 38.3. The number of carbonyl (C=O) groups excluding carboxylic acids is 2. The van der Waals surface area contributed by atoms with Crippen molar-refractivity contribution in [3.8, 4) is 0 Å². The number of aliphatic hydroxyl groups excluding tert-OH is 3. The maximum absolute atomic E-state index is 12.8. The number of rotatable bonds is 38. The van der Waals surface area contributed by atoms with Gasteiger partial charge in [0, 0.05) is 12.8 Å². The Kier molecular flexibility index (Phi) is 35.0. The fourth-order valence-electron chi connectivity index (χ4n) is 6.74. The Hall–Kier alpha value is -2.65. The van der Waals surface area contributed by atoms with Gasteiger partial charge in [-0.1, -0.05) is 158 Å². The molecule has 1 rings (SSSR count). The number of ether oxygens (including phenoxy) is 4. The van der Waals surface area contributed by atoms with Gasteiger partial charge in [-0.25, -0.2) is 0 Å². The van der Waals surface area contributed by atoms with Gasteiger partial charge in [0.2, 0.25) is 0 Å². The lowest BCUT2D eigenvalue weighted by Gasteiger charge is -2.40. The molecular weight excluding hydrogens is 801 g/mol. The highest BCUT2D eigenvalue weighted by molar-refractivity contribution is 7.85. The quantitative estimate of drug-likeness (QED) is 0.0199. The molecule has 0 aromatic heterocycles. The second kappa shape index (κ2) is 37.9. The fourth-order valence-corrected chi connectivity index (χ4v) is 7.43. The summed E-state index contributed by atoms with van der Waals surface area (Å²) in [6.45, 7) is 3.58. The summed E-state index contributed by atoms with van der Waals surface area (Å²) in [5.41, 5.74) is 0. The molecule has 0 radical (unpaired) electrons. The van der Waals surface area contributed by atoms with E-state index < -0.39 is 71.2 Å². The smallest absolute Gasteiger partial charge is 0.306 e. The Morgan fingerprint density at radius 1 is 0.574 bits per heavy atom. The third-order valence-electron chi connectivity index (χ3n) is 10.3. The van der Waals surface area contributed by atoms with Crippen LogP contribution in [0, 0.1) is 0 Å². The number of esters is 2. The molecule has 6 atom stereocenters. The summed E-state index contributed by atoms with van der Waals surface area (Å²) in [4.78, 5) is 25.4. The van der Waals surface area contributed by atoms with E-state index in [0.717, 1.165) is 57.8 Å². The fraction of sp³-hybridized carbons (Fsp3) is 0.750. The number of unbranched alkanes of at least 4 members (excludes halogenated alkanes) is 16. The van der Waals surface area contributed by atoms with E-state index >= 15 is 0 Å². The van der Waals surface area contributed by atoms with Crippen LogP contribution in [0.1, 0.15) is 174 Å². The van der Waals surface area contributed by atoms with E-state index in [1.807, 2.05) is 12.2 Å². The maximum atomic E-state index is 12.8. The molecule has 12 nitrogen and oxygen atoms in total. The Bertz CT molecular complexity index is 1360. The number of aliphatic hydroxyl groups is 3. The molecule has 0 aromatic carbocycles. The molecule has 0 amide bonds. The summed E-state index contributed by atoms with van der Waals surface area (Å²) in [7, 11) is -4.61. The minimum Gasteiger partial charge on any atom is -0.462 e. The first-order valence-corrected chi connectivity index (χ1v) is 25.0. The second-order valence-electron chi connectivity index (χ2n) is 16.0. The Balaban J connectivity index is 2.43. The van der Waals surface area contributed by atoms with Crippen LogP contribution in [0.25, 0.3) is 0 Å². The molecule has 352 valence electrons. The van der Waals surface area contributed by atoms with E-state index in [-0.39, 0.29) is 19.4 Å². The van der Waals surface area contributed by atoms with Gasteiger partial charge in [-0.3, -0.25) is 14.1 Å². The lowest BCUT2D eigenvalue weighted by molar-refractivity contribution is -0.297. The molecule has 3 unspecified atom stereocenters. The molecule has 13 heteroatoms. The number of carbonyl (C=O) groups is 2. The summed E-state index contributed by atoms with van der Waals surface area (Å²) >= 11 is 0. The molecule has 1 aliphatic heterocycles. The van der Waals surface area contributed by atoms with E-state index in [9.17, 15) is 37.9 Å². The third kappa shape index (κ3) is 32.7. The van der Waals surface area contributed by atoms with E-state index in [1.54, 1.807) is 0 Å². The monoisotopic (exact) mass is 883 g/mol. The normalized spacial score (nSPS) is 20.5. The predicted octanol–water partition coefficient (Wildman–Crippen LogP) is 9.73. The Morgan fingerprint density at radius 3 is 1.61 bits per heavy atom. The van der Waals surface area contributed by atoms with Gasteiger partial charge in [-0.05, 0) is 64.2 Å². The van der Waals surface area contributed by atoms with Crippen LogP contribution < -0.4 is 0 Å². The lowest BCUT2D eigenvalue weighted by atomic mass is 10.00. The Morgan fingerprint density at radius 2 is 1.07 bits per heavy atom. The summed E-state index contributed by atoms with van der Waals surface area (Å²) in [5.74, 6) is -2.08. The highest BCUT2D eigenvalue weighted by Crippen LogP contribution is 2.24. The van der Waals surface area contributed by atoms with Crippen LogP contribution in [-0.2, 0) is 38.7 Å². The molecule has 0 aromatic rings. The van der Waals surface area contributed by atoms with E-state index in [4.69, 9.17) is 18.9 Å². The van der Waals surface area contributed by atoms with E-state index in [0.29, 0.717) is 12.8 Å². The van der Waals surface area contributed by atoms with Gasteiger partial charge >= 0.3 is 11.9 Å². The second-order valence-corrected chi connectivity index (χ2v) is 17.5. The summed E-state index contributed by atoms with van der Waals surface area (Å²) in [6.07, 6.45) is 37.1. The molecule has 1 heterocycles. The SMILES string of the molecule is CC/C=C/C/C=C/C/C=C/CCCCCCCCCCCCC(=O)OCC(CO[C@H]1O[C@H](CS(=O)(=O)O)[C@@H](O)C(O)C1O)OC(=O)CC/C=C/C/C=C/CCCCCCCC. The average Bonchev–Trinajstić information content (AvgIpc) is 3.22. The summed E-state index contributed by atoms with van der Waals surface area (Å²) in [6, 6.07) is 0. The van der Waals surface area contributed by atoms with Gasteiger partial charge in [-0.15, -0.1) is 0 Å². The molecule has 0 spiro atoms. The van der Waals surface area contributed by atoms with Crippen molar-refractivity contribution in [2.24, 2.45) is 0 Å². The van der Waals surface area contributed by atoms with Gasteiger partial charge in [0.1, 0.15) is 36.8 Å². The van der Waals surface area contributed by atoms with Crippen LogP contribution in [0.3, 0.4) is 0 Å². The number of hydrogen-bond acceptors (Lipinski definition) is 11. The average molecular weight is 883 g/mol. The first-order valence-electron chi connectivity index (χ1n) is 23.3. The van der Waals surface area contributed by atoms with E-state index in [1.165, 1.54) is 77.0 Å².